The van der Waals surface area contributed by atoms with Gasteiger partial charge in [-0.05, 0) is 36.8 Å². The van der Waals surface area contributed by atoms with Crippen LogP contribution < -0.4 is 4.31 Å². The molecule has 2 heterocycles. The van der Waals surface area contributed by atoms with E-state index in [4.69, 9.17) is 0 Å². The van der Waals surface area contributed by atoms with Gasteiger partial charge in [-0.3, -0.25) is 0 Å². The van der Waals surface area contributed by atoms with Gasteiger partial charge in [-0.15, -0.1) is 0 Å². The molecular weight excluding hydrogens is 384 g/mol. The Balaban J connectivity index is 1.79. The number of sulfonamides is 1. The fourth-order valence-electron chi connectivity index (χ4n) is 3.07. The minimum atomic E-state index is -3.88. The van der Waals surface area contributed by atoms with Gasteiger partial charge in [0.2, 0.25) is 0 Å². The van der Waals surface area contributed by atoms with E-state index < -0.39 is 10.0 Å². The number of aryl methyl sites for hydroxylation is 1. The first-order valence-electron chi connectivity index (χ1n) is 9.15. The van der Waals surface area contributed by atoms with Crippen molar-refractivity contribution < 1.29 is 8.42 Å². The van der Waals surface area contributed by atoms with Crippen molar-refractivity contribution in [3.63, 3.8) is 0 Å². The van der Waals surface area contributed by atoms with Gasteiger partial charge in [-0.25, -0.2) is 22.4 Å². The summed E-state index contributed by atoms with van der Waals surface area (Å²) in [6, 6.07) is 24.1. The van der Waals surface area contributed by atoms with Crippen molar-refractivity contribution >= 4 is 15.8 Å². The minimum Gasteiger partial charge on any atom is -0.245 e. The molecule has 0 radical (unpaired) electrons. The zero-order valence-corrected chi connectivity index (χ0v) is 16.7. The molecule has 0 amide bonds. The topological polar surface area (TPSA) is 68.1 Å². The van der Waals surface area contributed by atoms with Gasteiger partial charge < -0.3 is 0 Å². The van der Waals surface area contributed by atoms with Crippen LogP contribution in [0.2, 0.25) is 0 Å². The molecule has 4 aromatic rings. The zero-order valence-electron chi connectivity index (χ0n) is 15.9. The average Bonchev–Trinajstić information content (AvgIpc) is 3.16. The summed E-state index contributed by atoms with van der Waals surface area (Å²) < 4.78 is 30.2. The summed E-state index contributed by atoms with van der Waals surface area (Å²) in [7, 11) is -3.88. The fourth-order valence-corrected chi connectivity index (χ4v) is 4.63. The largest absolute Gasteiger partial charge is 0.269 e. The number of pyridine rings is 1. The number of anilines is 1. The summed E-state index contributed by atoms with van der Waals surface area (Å²) in [5, 5.41) is 4.42. The molecule has 0 saturated heterocycles. The van der Waals surface area contributed by atoms with Crippen molar-refractivity contribution in [2.75, 3.05) is 4.31 Å². The first-order valence-corrected chi connectivity index (χ1v) is 10.6. The molecule has 0 aliphatic carbocycles. The van der Waals surface area contributed by atoms with E-state index in [1.165, 1.54) is 4.31 Å². The van der Waals surface area contributed by atoms with Gasteiger partial charge in [0.1, 0.15) is 10.7 Å². The summed E-state index contributed by atoms with van der Waals surface area (Å²) in [5.74, 6) is 0.364. The molecule has 2 aromatic carbocycles. The quantitative estimate of drug-likeness (QED) is 0.488. The molecule has 0 aliphatic heterocycles. The normalized spacial score (nSPS) is 11.3. The van der Waals surface area contributed by atoms with Crippen LogP contribution in [0.3, 0.4) is 0 Å². The Bertz CT molecular complexity index is 1190. The monoisotopic (exact) mass is 404 g/mol. The van der Waals surface area contributed by atoms with E-state index in [-0.39, 0.29) is 11.4 Å². The highest BCUT2D eigenvalue weighted by atomic mass is 32.2. The van der Waals surface area contributed by atoms with Crippen LogP contribution in [0.25, 0.3) is 5.69 Å². The second-order valence-electron chi connectivity index (χ2n) is 6.54. The third-order valence-electron chi connectivity index (χ3n) is 4.52. The lowest BCUT2D eigenvalue weighted by atomic mass is 10.2. The van der Waals surface area contributed by atoms with Gasteiger partial charge in [0, 0.05) is 6.20 Å². The Hall–Kier alpha value is -3.45. The zero-order chi connectivity index (χ0) is 20.3. The van der Waals surface area contributed by atoms with Gasteiger partial charge in [0.25, 0.3) is 10.0 Å². The number of aromatic nitrogens is 3. The maximum absolute atomic E-state index is 13.6. The van der Waals surface area contributed by atoms with Crippen LogP contribution in [0.1, 0.15) is 11.3 Å². The maximum atomic E-state index is 13.6. The van der Waals surface area contributed by atoms with Gasteiger partial charge >= 0.3 is 0 Å². The van der Waals surface area contributed by atoms with Crippen LogP contribution in [-0.4, -0.2) is 23.2 Å². The molecule has 4 rings (SSSR count). The highest BCUT2D eigenvalue weighted by Crippen LogP contribution is 2.26. The third kappa shape index (κ3) is 3.90. The van der Waals surface area contributed by atoms with Crippen LogP contribution in [-0.2, 0) is 16.6 Å². The number of nitrogens with zero attached hydrogens (tertiary/aromatic N) is 4. The Kier molecular flexibility index (Phi) is 5.14. The van der Waals surface area contributed by atoms with E-state index in [1.807, 2.05) is 60.7 Å². The molecule has 0 fully saturated rings. The summed E-state index contributed by atoms with van der Waals surface area (Å²) in [6.07, 6.45) is 3.14. The van der Waals surface area contributed by atoms with Gasteiger partial charge in [-0.2, -0.15) is 5.10 Å². The van der Waals surface area contributed by atoms with Gasteiger partial charge in [0.05, 0.1) is 24.1 Å². The van der Waals surface area contributed by atoms with Gasteiger partial charge in [0.15, 0.2) is 0 Å². The average molecular weight is 404 g/mol. The third-order valence-corrected chi connectivity index (χ3v) is 6.37. The maximum Gasteiger partial charge on any atom is 0.269 e. The van der Waals surface area contributed by atoms with E-state index in [2.05, 4.69) is 10.1 Å². The Morgan fingerprint density at radius 2 is 1.55 bits per heavy atom. The van der Waals surface area contributed by atoms with E-state index in [9.17, 15) is 8.42 Å². The van der Waals surface area contributed by atoms with Crippen molar-refractivity contribution in [3.8, 4) is 5.69 Å². The lowest BCUT2D eigenvalue weighted by Gasteiger charge is -2.23. The van der Waals surface area contributed by atoms with Crippen LogP contribution >= 0.6 is 0 Å². The lowest BCUT2D eigenvalue weighted by molar-refractivity contribution is 0.589. The molecule has 0 atom stereocenters. The van der Waals surface area contributed by atoms with E-state index in [0.717, 1.165) is 11.3 Å². The Labute approximate surface area is 170 Å². The van der Waals surface area contributed by atoms with Crippen molar-refractivity contribution in [1.82, 2.24) is 14.8 Å². The summed E-state index contributed by atoms with van der Waals surface area (Å²) in [5.41, 5.74) is 2.10. The first-order chi connectivity index (χ1) is 14.1. The number of para-hydroxylation sites is 1. The second-order valence-corrected chi connectivity index (χ2v) is 8.37. The first kappa shape index (κ1) is 18.9. The molecule has 2 aromatic heterocycles. The summed E-state index contributed by atoms with van der Waals surface area (Å²) in [4.78, 5) is 4.44. The van der Waals surface area contributed by atoms with Crippen LogP contribution in [0.15, 0.2) is 96.2 Å². The summed E-state index contributed by atoms with van der Waals surface area (Å²) >= 11 is 0. The number of hydrogen-bond acceptors (Lipinski definition) is 4. The van der Waals surface area contributed by atoms with Crippen LogP contribution in [0, 0.1) is 6.92 Å². The van der Waals surface area contributed by atoms with Crippen molar-refractivity contribution in [1.29, 1.82) is 0 Å². The Morgan fingerprint density at radius 1 is 0.897 bits per heavy atom. The van der Waals surface area contributed by atoms with E-state index >= 15 is 0 Å². The number of hydrogen-bond donors (Lipinski definition) is 0. The van der Waals surface area contributed by atoms with Crippen molar-refractivity contribution in [3.05, 3.63) is 103 Å². The van der Waals surface area contributed by atoms with E-state index in [1.54, 1.807) is 42.2 Å². The number of benzene rings is 2. The number of rotatable bonds is 6. The summed E-state index contributed by atoms with van der Waals surface area (Å²) in [6.45, 7) is 1.88. The molecule has 6 nitrogen and oxygen atoms in total. The smallest absolute Gasteiger partial charge is 0.245 e. The molecule has 0 spiro atoms. The molecular formula is C22H20N4O2S. The molecule has 0 N–H and O–H groups in total. The Morgan fingerprint density at radius 3 is 2.21 bits per heavy atom. The van der Waals surface area contributed by atoms with Crippen molar-refractivity contribution in [2.24, 2.45) is 0 Å². The lowest BCUT2D eigenvalue weighted by Crippen LogP contribution is -2.31. The van der Waals surface area contributed by atoms with Gasteiger partial charge in [-0.1, -0.05) is 54.6 Å². The predicted molar refractivity (Wildman–Crippen MR) is 112 cm³/mol. The SMILES string of the molecule is Cc1nn(-c2ccccc2)cc1S(=O)(=O)N(Cc1ccccc1)c1ccccn1. The molecule has 0 unspecified atom stereocenters. The molecule has 29 heavy (non-hydrogen) atoms. The molecule has 146 valence electrons. The van der Waals surface area contributed by atoms with E-state index in [0.29, 0.717) is 11.5 Å². The minimum absolute atomic E-state index is 0.155. The standard InChI is InChI=1S/C22H20N4O2S/c1-18-21(17-25(24-18)20-12-6-3-7-13-20)29(27,28)26(22-14-8-9-15-23-22)16-19-10-4-2-5-11-19/h2-15,17H,16H2,1H3. The molecule has 0 saturated carbocycles. The molecule has 0 bridgehead atoms. The van der Waals surface area contributed by atoms with Crippen LogP contribution in [0.5, 0.6) is 0 Å². The van der Waals surface area contributed by atoms with Crippen LogP contribution in [0.4, 0.5) is 5.82 Å². The molecule has 0 aliphatic rings. The molecule has 7 heteroatoms. The predicted octanol–water partition coefficient (Wildman–Crippen LogP) is 3.97. The van der Waals surface area contributed by atoms with Crippen molar-refractivity contribution in [2.45, 2.75) is 18.4 Å². The second kappa shape index (κ2) is 7.89. The highest BCUT2D eigenvalue weighted by Gasteiger charge is 2.30. The fraction of sp³-hybridized carbons (Fsp3) is 0.0909. The highest BCUT2D eigenvalue weighted by molar-refractivity contribution is 7.92.